The second kappa shape index (κ2) is 4.93. The zero-order chi connectivity index (χ0) is 11.5. The van der Waals surface area contributed by atoms with Crippen molar-refractivity contribution in [2.45, 2.75) is 19.8 Å². The van der Waals surface area contributed by atoms with Crippen LogP contribution in [0.5, 0.6) is 0 Å². The molecule has 1 aliphatic rings. The number of carbonyl (C=O) groups excluding carboxylic acids is 1. The normalized spacial score (nSPS) is 20.4. The van der Waals surface area contributed by atoms with E-state index in [1.165, 1.54) is 11.3 Å². The van der Waals surface area contributed by atoms with Crippen LogP contribution >= 0.6 is 11.3 Å². The molecule has 16 heavy (non-hydrogen) atoms. The van der Waals surface area contributed by atoms with E-state index in [1.807, 2.05) is 11.8 Å². The summed E-state index contributed by atoms with van der Waals surface area (Å²) in [6.07, 6.45) is 3.46. The predicted molar refractivity (Wildman–Crippen MR) is 62.6 cm³/mol. The number of nitrogens with zero attached hydrogens (tertiary/aromatic N) is 2. The van der Waals surface area contributed by atoms with Crippen molar-refractivity contribution >= 4 is 17.2 Å². The minimum atomic E-state index is 0.0889. The van der Waals surface area contributed by atoms with Crippen molar-refractivity contribution in [3.63, 3.8) is 0 Å². The third kappa shape index (κ3) is 2.41. The highest BCUT2D eigenvalue weighted by Gasteiger charge is 2.27. The molecule has 1 fully saturated rings. The van der Waals surface area contributed by atoms with Crippen molar-refractivity contribution in [2.24, 2.45) is 5.92 Å². The van der Waals surface area contributed by atoms with E-state index in [-0.39, 0.29) is 12.5 Å². The molecule has 0 spiro atoms. The van der Waals surface area contributed by atoms with Crippen LogP contribution in [-0.2, 0) is 0 Å². The number of thiazole rings is 1. The monoisotopic (exact) mass is 240 g/mol. The molecule has 0 radical (unpaired) electrons. The summed E-state index contributed by atoms with van der Waals surface area (Å²) < 4.78 is 0. The Balaban J connectivity index is 1.97. The lowest BCUT2D eigenvalue weighted by Gasteiger charge is -2.14. The molecule has 1 aromatic rings. The van der Waals surface area contributed by atoms with Gasteiger partial charge in [-0.25, -0.2) is 4.98 Å². The molecule has 4 nitrogen and oxygen atoms in total. The van der Waals surface area contributed by atoms with Crippen LogP contribution in [0.2, 0.25) is 0 Å². The van der Waals surface area contributed by atoms with E-state index in [2.05, 4.69) is 4.98 Å². The summed E-state index contributed by atoms with van der Waals surface area (Å²) in [5.41, 5.74) is 0. The number of amides is 1. The van der Waals surface area contributed by atoms with Gasteiger partial charge in [0.25, 0.3) is 5.91 Å². The van der Waals surface area contributed by atoms with Gasteiger partial charge in [-0.2, -0.15) is 0 Å². The first-order chi connectivity index (χ1) is 7.70. The molecule has 1 atom stereocenters. The molecule has 2 rings (SSSR count). The number of aromatic nitrogens is 1. The maximum absolute atomic E-state index is 12.0. The first-order valence-electron chi connectivity index (χ1n) is 5.53. The van der Waals surface area contributed by atoms with Gasteiger partial charge in [0, 0.05) is 19.7 Å². The highest BCUT2D eigenvalue weighted by atomic mass is 32.1. The van der Waals surface area contributed by atoms with E-state index in [0.717, 1.165) is 35.8 Å². The molecular weight excluding hydrogens is 224 g/mol. The standard InChI is InChI=1S/C11H16N2O2S/c1-8-12-6-10(16-8)11(15)13-4-2-9(7-13)3-5-14/h6,9,14H,2-5,7H2,1H3. The molecule has 1 unspecified atom stereocenters. The van der Waals surface area contributed by atoms with Crippen LogP contribution in [0.25, 0.3) is 0 Å². The zero-order valence-corrected chi connectivity index (χ0v) is 10.2. The van der Waals surface area contributed by atoms with E-state index >= 15 is 0 Å². The highest BCUT2D eigenvalue weighted by molar-refractivity contribution is 7.13. The fraction of sp³-hybridized carbons (Fsp3) is 0.636. The minimum absolute atomic E-state index is 0.0889. The van der Waals surface area contributed by atoms with Gasteiger partial charge < -0.3 is 10.0 Å². The molecule has 1 amide bonds. The average molecular weight is 240 g/mol. The van der Waals surface area contributed by atoms with Gasteiger partial charge in [0.1, 0.15) is 4.88 Å². The quantitative estimate of drug-likeness (QED) is 0.866. The number of likely N-dealkylation sites (tertiary alicyclic amines) is 1. The van der Waals surface area contributed by atoms with E-state index < -0.39 is 0 Å². The van der Waals surface area contributed by atoms with Crippen molar-refractivity contribution < 1.29 is 9.90 Å². The van der Waals surface area contributed by atoms with Crippen LogP contribution in [0.1, 0.15) is 27.5 Å². The molecule has 0 aliphatic carbocycles. The molecule has 0 aromatic carbocycles. The highest BCUT2D eigenvalue weighted by Crippen LogP contribution is 2.22. The first kappa shape index (κ1) is 11.5. The Morgan fingerprint density at radius 3 is 3.19 bits per heavy atom. The van der Waals surface area contributed by atoms with Gasteiger partial charge in [-0.15, -0.1) is 11.3 Å². The maximum atomic E-state index is 12.0. The lowest BCUT2D eigenvalue weighted by atomic mass is 10.1. The number of carbonyl (C=O) groups is 1. The van der Waals surface area contributed by atoms with E-state index in [9.17, 15) is 4.79 Å². The van der Waals surface area contributed by atoms with Gasteiger partial charge in [0.2, 0.25) is 0 Å². The molecule has 5 heteroatoms. The summed E-state index contributed by atoms with van der Waals surface area (Å²) in [6.45, 7) is 3.70. The second-order valence-electron chi connectivity index (χ2n) is 4.16. The van der Waals surface area contributed by atoms with E-state index in [4.69, 9.17) is 5.11 Å². The SMILES string of the molecule is Cc1ncc(C(=O)N2CCC(CCO)C2)s1. The molecule has 2 heterocycles. The number of aliphatic hydroxyl groups excluding tert-OH is 1. The van der Waals surface area contributed by atoms with Gasteiger partial charge in [-0.05, 0) is 25.7 Å². The molecule has 0 bridgehead atoms. The lowest BCUT2D eigenvalue weighted by molar-refractivity contribution is 0.0789. The van der Waals surface area contributed by atoms with Crippen LogP contribution in [0.15, 0.2) is 6.20 Å². The number of aryl methyl sites for hydroxylation is 1. The third-order valence-electron chi connectivity index (χ3n) is 2.94. The fourth-order valence-electron chi connectivity index (χ4n) is 2.05. The Morgan fingerprint density at radius 1 is 1.75 bits per heavy atom. The van der Waals surface area contributed by atoms with Gasteiger partial charge in [-0.3, -0.25) is 4.79 Å². The van der Waals surface area contributed by atoms with Crippen molar-refractivity contribution in [1.29, 1.82) is 0 Å². The summed E-state index contributed by atoms with van der Waals surface area (Å²) in [5.74, 6) is 0.550. The fourth-order valence-corrected chi connectivity index (χ4v) is 2.80. The number of hydrogen-bond acceptors (Lipinski definition) is 4. The molecule has 0 saturated carbocycles. The van der Waals surface area contributed by atoms with Crippen LogP contribution in [0.3, 0.4) is 0 Å². The minimum Gasteiger partial charge on any atom is -0.396 e. The third-order valence-corrected chi connectivity index (χ3v) is 3.84. The summed E-state index contributed by atoms with van der Waals surface area (Å²) in [5, 5.41) is 9.79. The van der Waals surface area contributed by atoms with Crippen molar-refractivity contribution in [2.75, 3.05) is 19.7 Å². The number of aliphatic hydroxyl groups is 1. The van der Waals surface area contributed by atoms with Gasteiger partial charge >= 0.3 is 0 Å². The zero-order valence-electron chi connectivity index (χ0n) is 9.35. The molecule has 1 N–H and O–H groups in total. The smallest absolute Gasteiger partial charge is 0.265 e. The summed E-state index contributed by atoms with van der Waals surface area (Å²) in [7, 11) is 0. The van der Waals surface area contributed by atoms with Crippen LogP contribution in [-0.4, -0.2) is 40.6 Å². The number of hydrogen-bond donors (Lipinski definition) is 1. The van der Waals surface area contributed by atoms with Crippen molar-refractivity contribution in [3.05, 3.63) is 16.1 Å². The predicted octanol–water partition coefficient (Wildman–Crippen LogP) is 1.30. The Bertz CT molecular complexity index is 378. The molecule has 88 valence electrons. The van der Waals surface area contributed by atoms with Crippen molar-refractivity contribution in [1.82, 2.24) is 9.88 Å². The first-order valence-corrected chi connectivity index (χ1v) is 6.35. The van der Waals surface area contributed by atoms with Crippen LogP contribution in [0.4, 0.5) is 0 Å². The topological polar surface area (TPSA) is 53.4 Å². The Hall–Kier alpha value is -0.940. The van der Waals surface area contributed by atoms with E-state index in [1.54, 1.807) is 6.20 Å². The molecule has 1 saturated heterocycles. The van der Waals surface area contributed by atoms with Crippen LogP contribution in [0, 0.1) is 12.8 Å². The summed E-state index contributed by atoms with van der Waals surface area (Å²) >= 11 is 1.45. The maximum Gasteiger partial charge on any atom is 0.265 e. The average Bonchev–Trinajstić information content (AvgIpc) is 2.87. The molecule has 1 aromatic heterocycles. The summed E-state index contributed by atoms with van der Waals surface area (Å²) in [6, 6.07) is 0. The molecular formula is C11H16N2O2S. The number of rotatable bonds is 3. The second-order valence-corrected chi connectivity index (χ2v) is 5.40. The van der Waals surface area contributed by atoms with Gasteiger partial charge in [0.05, 0.1) is 11.2 Å². The van der Waals surface area contributed by atoms with Crippen molar-refractivity contribution in [3.8, 4) is 0 Å². The Labute approximate surface area is 98.9 Å². The lowest BCUT2D eigenvalue weighted by Crippen LogP contribution is -2.28. The van der Waals surface area contributed by atoms with Gasteiger partial charge in [-0.1, -0.05) is 0 Å². The largest absolute Gasteiger partial charge is 0.396 e. The Kier molecular flexibility index (Phi) is 3.56. The Morgan fingerprint density at radius 2 is 2.56 bits per heavy atom. The van der Waals surface area contributed by atoms with Crippen LogP contribution < -0.4 is 0 Å². The summed E-state index contributed by atoms with van der Waals surface area (Å²) in [4.78, 5) is 18.7. The van der Waals surface area contributed by atoms with Gasteiger partial charge in [0.15, 0.2) is 0 Å². The van der Waals surface area contributed by atoms with E-state index in [0.29, 0.717) is 5.92 Å². The molecule has 1 aliphatic heterocycles.